The molecule has 0 aromatic heterocycles. The summed E-state index contributed by atoms with van der Waals surface area (Å²) in [5, 5.41) is 19.4. The fourth-order valence-electron chi connectivity index (χ4n) is 6.26. The van der Waals surface area contributed by atoms with E-state index in [9.17, 15) is 20.1 Å². The molecule has 0 aliphatic rings. The predicted octanol–water partition coefficient (Wildman–Crippen LogP) is 11.5. The molecule has 0 atom stereocenters. The van der Waals surface area contributed by atoms with E-state index in [2.05, 4.69) is 23.0 Å². The number of para-hydroxylation sites is 2. The van der Waals surface area contributed by atoms with Crippen LogP contribution in [0.25, 0.3) is 24.3 Å². The number of esters is 2. The summed E-state index contributed by atoms with van der Waals surface area (Å²) in [7, 11) is 0. The van der Waals surface area contributed by atoms with Gasteiger partial charge in [-0.05, 0) is 107 Å². The lowest BCUT2D eigenvalue weighted by atomic mass is 10.1. The van der Waals surface area contributed by atoms with E-state index in [1.54, 1.807) is 12.2 Å². The maximum atomic E-state index is 12.7. The minimum atomic E-state index is -0.790. The molecule has 0 unspecified atom stereocenters. The molecule has 0 saturated heterocycles. The molecule has 6 aromatic rings. The minimum Gasteiger partial charge on any atom is -0.459 e. The van der Waals surface area contributed by atoms with E-state index < -0.39 is 11.9 Å². The smallest absolute Gasteiger partial charge is 0.348 e. The second-order valence-electron chi connectivity index (χ2n) is 13.3. The molecule has 9 nitrogen and oxygen atoms in total. The lowest BCUT2D eigenvalue weighted by Gasteiger charge is -2.25. The zero-order valence-electron chi connectivity index (χ0n) is 33.4. The Kier molecular flexibility index (Phi) is 14.9. The summed E-state index contributed by atoms with van der Waals surface area (Å²) < 4.78 is 16.0. The Bertz CT molecular complexity index is 2390. The minimum absolute atomic E-state index is 0.00545. The predicted molar refractivity (Wildman–Crippen MR) is 242 cm³/mol. The fourth-order valence-corrected chi connectivity index (χ4v) is 6.26. The van der Waals surface area contributed by atoms with Crippen molar-refractivity contribution in [1.82, 2.24) is 0 Å². The zero-order valence-corrected chi connectivity index (χ0v) is 33.4. The SMILES string of the molecule is C=Cc1ccc(N(c2ccccc2)c2ccc(/C=C(\C#N)C(=O)OCCOCCOC(=O)/C(C#N)=C/c3ccc(N(c4ccccc4)c4ccc(C=C)cc4)cc3)cc2)cc1. The Balaban J connectivity index is 0.970. The highest BCUT2D eigenvalue weighted by atomic mass is 16.6. The molecule has 0 spiro atoms. The summed E-state index contributed by atoms with van der Waals surface area (Å²) in [6.45, 7) is 7.44. The molecule has 61 heavy (non-hydrogen) atoms. The Labute approximate surface area is 356 Å². The first-order valence-electron chi connectivity index (χ1n) is 19.4. The van der Waals surface area contributed by atoms with Crippen LogP contribution in [0.4, 0.5) is 34.1 Å². The van der Waals surface area contributed by atoms with Crippen molar-refractivity contribution in [1.29, 1.82) is 10.5 Å². The number of hydrogen-bond acceptors (Lipinski definition) is 9. The first-order chi connectivity index (χ1) is 29.9. The van der Waals surface area contributed by atoms with Crippen molar-refractivity contribution in [2.45, 2.75) is 0 Å². The third-order valence-electron chi connectivity index (χ3n) is 9.33. The van der Waals surface area contributed by atoms with Gasteiger partial charge in [0.25, 0.3) is 0 Å². The van der Waals surface area contributed by atoms with Crippen LogP contribution in [0, 0.1) is 22.7 Å². The highest BCUT2D eigenvalue weighted by Crippen LogP contribution is 2.36. The van der Waals surface area contributed by atoms with Crippen LogP contribution in [0.1, 0.15) is 22.3 Å². The number of nitrogens with zero attached hydrogens (tertiary/aromatic N) is 4. The van der Waals surface area contributed by atoms with Gasteiger partial charge in [-0.1, -0.05) is 110 Å². The van der Waals surface area contributed by atoms with E-state index >= 15 is 0 Å². The van der Waals surface area contributed by atoms with Gasteiger partial charge in [0.05, 0.1) is 13.2 Å². The van der Waals surface area contributed by atoms with Gasteiger partial charge >= 0.3 is 11.9 Å². The summed E-state index contributed by atoms with van der Waals surface area (Å²) in [5.74, 6) is -1.58. The van der Waals surface area contributed by atoms with Crippen molar-refractivity contribution >= 4 is 70.4 Å². The van der Waals surface area contributed by atoms with Crippen molar-refractivity contribution < 1.29 is 23.8 Å². The number of benzene rings is 6. The first kappa shape index (κ1) is 42.4. The average molecular weight is 803 g/mol. The molecule has 0 amide bonds. The van der Waals surface area contributed by atoms with E-state index in [1.807, 2.05) is 170 Å². The summed E-state index contributed by atoms with van der Waals surface area (Å²) in [6, 6.07) is 54.8. The maximum absolute atomic E-state index is 12.7. The molecule has 9 heteroatoms. The van der Waals surface area contributed by atoms with Gasteiger partial charge < -0.3 is 24.0 Å². The number of hydrogen-bond donors (Lipinski definition) is 0. The molecule has 0 aliphatic heterocycles. The van der Waals surface area contributed by atoms with Crippen LogP contribution in [-0.2, 0) is 23.8 Å². The van der Waals surface area contributed by atoms with Gasteiger partial charge in [-0.2, -0.15) is 10.5 Å². The normalized spacial score (nSPS) is 11.0. The number of anilines is 6. The van der Waals surface area contributed by atoms with E-state index in [0.717, 1.165) is 45.3 Å². The summed E-state index contributed by atoms with van der Waals surface area (Å²) in [5.41, 5.74) is 8.63. The fraction of sp³-hybridized carbons (Fsp3) is 0.0769. The number of ether oxygens (including phenoxy) is 3. The third-order valence-corrected chi connectivity index (χ3v) is 9.33. The van der Waals surface area contributed by atoms with E-state index in [0.29, 0.717) is 11.1 Å². The Morgan fingerprint density at radius 3 is 1.03 bits per heavy atom. The monoisotopic (exact) mass is 802 g/mol. The van der Waals surface area contributed by atoms with Gasteiger partial charge in [0.15, 0.2) is 0 Å². The molecule has 0 heterocycles. The Hall–Kier alpha value is -8.24. The van der Waals surface area contributed by atoms with Gasteiger partial charge in [-0.25, -0.2) is 9.59 Å². The van der Waals surface area contributed by atoms with Gasteiger partial charge in [-0.3, -0.25) is 0 Å². The average Bonchev–Trinajstić information content (AvgIpc) is 3.31. The number of nitriles is 2. The molecule has 300 valence electrons. The Morgan fingerprint density at radius 1 is 0.443 bits per heavy atom. The van der Waals surface area contributed by atoms with Crippen LogP contribution in [-0.4, -0.2) is 38.4 Å². The molecule has 0 bridgehead atoms. The van der Waals surface area contributed by atoms with Crippen molar-refractivity contribution in [3.63, 3.8) is 0 Å². The third kappa shape index (κ3) is 11.5. The lowest BCUT2D eigenvalue weighted by molar-refractivity contribution is -0.141. The molecule has 6 aromatic carbocycles. The molecule has 0 N–H and O–H groups in total. The lowest BCUT2D eigenvalue weighted by Crippen LogP contribution is -2.15. The van der Waals surface area contributed by atoms with Crippen molar-refractivity contribution in [2.75, 3.05) is 36.2 Å². The van der Waals surface area contributed by atoms with E-state index in [4.69, 9.17) is 14.2 Å². The Morgan fingerprint density at radius 2 is 0.738 bits per heavy atom. The van der Waals surface area contributed by atoms with Crippen molar-refractivity contribution in [3.8, 4) is 12.1 Å². The topological polar surface area (TPSA) is 116 Å². The van der Waals surface area contributed by atoms with E-state index in [1.165, 1.54) is 12.2 Å². The van der Waals surface area contributed by atoms with Crippen LogP contribution in [0.5, 0.6) is 0 Å². The number of carbonyl (C=O) groups excluding carboxylic acids is 2. The second-order valence-corrected chi connectivity index (χ2v) is 13.3. The highest BCUT2D eigenvalue weighted by molar-refractivity contribution is 5.98. The quantitative estimate of drug-likeness (QED) is 0.0362. The standard InChI is InChI=1S/C52H42N4O5/c1-3-39-15-23-47(24-16-39)55(45-11-7-5-8-12-45)49-27-19-41(20-28-49)35-43(37-53)51(57)60-33-31-59-32-34-61-52(58)44(38-54)36-42-21-29-50(30-22-42)56(46-13-9-6-10-14-46)48-25-17-40(4-2)18-26-48/h3-30,35-36H,1-2,31-34H2/b43-35+,44-36+. The molecular weight excluding hydrogens is 761 g/mol. The van der Waals surface area contributed by atoms with Gasteiger partial charge in [0, 0.05) is 34.1 Å². The highest BCUT2D eigenvalue weighted by Gasteiger charge is 2.16. The van der Waals surface area contributed by atoms with Crippen LogP contribution >= 0.6 is 0 Å². The second kappa shape index (κ2) is 21.5. The van der Waals surface area contributed by atoms with Crippen LogP contribution in [0.15, 0.2) is 182 Å². The molecule has 0 fully saturated rings. The maximum Gasteiger partial charge on any atom is 0.348 e. The molecular formula is C52H42N4O5. The van der Waals surface area contributed by atoms with Gasteiger partial charge in [0.1, 0.15) is 36.5 Å². The summed E-state index contributed by atoms with van der Waals surface area (Å²) >= 11 is 0. The van der Waals surface area contributed by atoms with Crippen molar-refractivity contribution in [3.05, 3.63) is 204 Å². The van der Waals surface area contributed by atoms with Gasteiger partial charge in [0.2, 0.25) is 0 Å². The number of rotatable bonds is 18. The molecule has 0 saturated carbocycles. The molecule has 0 aliphatic carbocycles. The van der Waals surface area contributed by atoms with Crippen molar-refractivity contribution in [2.24, 2.45) is 0 Å². The first-order valence-corrected chi connectivity index (χ1v) is 19.4. The van der Waals surface area contributed by atoms with Crippen LogP contribution in [0.2, 0.25) is 0 Å². The molecule has 0 radical (unpaired) electrons. The summed E-state index contributed by atoms with van der Waals surface area (Å²) in [6.07, 6.45) is 6.52. The largest absolute Gasteiger partial charge is 0.459 e. The van der Waals surface area contributed by atoms with Crippen LogP contribution < -0.4 is 9.80 Å². The number of carbonyl (C=O) groups is 2. The zero-order chi connectivity index (χ0) is 42.8. The summed E-state index contributed by atoms with van der Waals surface area (Å²) in [4.78, 5) is 29.6. The van der Waals surface area contributed by atoms with Gasteiger partial charge in [-0.15, -0.1) is 0 Å². The molecule has 6 rings (SSSR count). The van der Waals surface area contributed by atoms with Crippen LogP contribution in [0.3, 0.4) is 0 Å². The van der Waals surface area contributed by atoms with E-state index in [-0.39, 0.29) is 37.6 Å².